The number of carbonyl (C=O) groups excluding carboxylic acids is 1. The molecule has 1 aromatic carbocycles. The van der Waals surface area contributed by atoms with E-state index in [0.29, 0.717) is 11.3 Å². The molecule has 0 bridgehead atoms. The zero-order valence-corrected chi connectivity index (χ0v) is 12.6. The third kappa shape index (κ3) is 4.20. The molecule has 0 aliphatic rings. The number of ether oxygens (including phenoxy) is 2. The van der Waals surface area contributed by atoms with Crippen LogP contribution < -0.4 is 4.74 Å². The van der Waals surface area contributed by atoms with Gasteiger partial charge in [-0.3, -0.25) is 4.79 Å². The fourth-order valence-corrected chi connectivity index (χ4v) is 0.782. The SMILES string of the molecule is COC(=O)c1c[c-]c(OC)cc1.[Zn+][Br]. The summed E-state index contributed by atoms with van der Waals surface area (Å²) >= 11 is 4.25. The van der Waals surface area contributed by atoms with Crippen LogP contribution in [0, 0.1) is 6.07 Å². The minimum atomic E-state index is -0.367. The molecule has 0 N–H and O–H groups in total. The third-order valence-corrected chi connectivity index (χ3v) is 1.43. The summed E-state index contributed by atoms with van der Waals surface area (Å²) in [4.78, 5) is 10.9. The van der Waals surface area contributed by atoms with Crippen LogP contribution in [-0.2, 0) is 21.1 Å². The summed E-state index contributed by atoms with van der Waals surface area (Å²) in [6.45, 7) is 0. The molecule has 0 saturated carbocycles. The van der Waals surface area contributed by atoms with Gasteiger partial charge in [-0.25, -0.2) is 0 Å². The molecule has 0 aliphatic heterocycles. The van der Waals surface area contributed by atoms with Gasteiger partial charge in [0.1, 0.15) is 0 Å². The standard InChI is InChI=1S/C9H9O3.BrH.Zn/c1-11-8-5-3-7(4-6-8)9(10)12-2;;/h3-5H,1-2H3;1H;/q-1;;+2/p-1. The summed E-state index contributed by atoms with van der Waals surface area (Å²) in [5.74, 6) is 0.233. The van der Waals surface area contributed by atoms with Crippen LogP contribution in [0.1, 0.15) is 10.4 Å². The van der Waals surface area contributed by atoms with E-state index >= 15 is 0 Å². The van der Waals surface area contributed by atoms with Crippen molar-refractivity contribution < 1.29 is 30.6 Å². The van der Waals surface area contributed by atoms with E-state index in [2.05, 4.69) is 24.4 Å². The van der Waals surface area contributed by atoms with E-state index in [1.54, 1.807) is 19.2 Å². The van der Waals surface area contributed by atoms with Gasteiger partial charge in [-0.2, -0.15) is 12.1 Å². The molecule has 1 rings (SSSR count). The Labute approximate surface area is 99.8 Å². The Kier molecular flexibility index (Phi) is 7.72. The first-order valence-corrected chi connectivity index (χ1v) is 10.6. The van der Waals surface area contributed by atoms with E-state index in [0.717, 1.165) is 0 Å². The number of halogens is 1. The fraction of sp³-hybridized carbons (Fsp3) is 0.222. The van der Waals surface area contributed by atoms with Gasteiger partial charge in [0, 0.05) is 5.75 Å². The molecule has 72 valence electrons. The van der Waals surface area contributed by atoms with Gasteiger partial charge in [0.25, 0.3) is 5.97 Å². The molecule has 0 aliphatic carbocycles. The van der Waals surface area contributed by atoms with Crippen molar-refractivity contribution in [3.63, 3.8) is 0 Å². The van der Waals surface area contributed by atoms with Crippen molar-refractivity contribution in [3.05, 3.63) is 29.8 Å². The summed E-state index contributed by atoms with van der Waals surface area (Å²) in [6, 6.07) is 7.60. The molecule has 0 heterocycles. The summed E-state index contributed by atoms with van der Waals surface area (Å²) < 4.78 is 9.38. The van der Waals surface area contributed by atoms with Gasteiger partial charge in [-0.1, -0.05) is 5.56 Å². The molecule has 0 spiro atoms. The molecule has 0 amide bonds. The monoisotopic (exact) mass is 308 g/mol. The van der Waals surface area contributed by atoms with Crippen molar-refractivity contribution in [3.8, 4) is 5.75 Å². The van der Waals surface area contributed by atoms with Gasteiger partial charge >= 0.3 is 30.0 Å². The minimum absolute atomic E-state index is 0.367. The summed E-state index contributed by atoms with van der Waals surface area (Å²) in [6.07, 6.45) is 0. The van der Waals surface area contributed by atoms with Gasteiger partial charge in [0.05, 0.1) is 14.2 Å². The molecule has 0 saturated heterocycles. The molecule has 0 atom stereocenters. The molecular weight excluding hydrogens is 301 g/mol. The zero-order chi connectivity index (χ0) is 11.0. The van der Waals surface area contributed by atoms with Crippen LogP contribution >= 0.6 is 13.6 Å². The third-order valence-electron chi connectivity index (χ3n) is 1.43. The van der Waals surface area contributed by atoms with Crippen LogP contribution in [0.15, 0.2) is 18.2 Å². The van der Waals surface area contributed by atoms with Crippen molar-refractivity contribution in [1.82, 2.24) is 0 Å². The van der Waals surface area contributed by atoms with Crippen LogP contribution in [0.3, 0.4) is 0 Å². The normalized spacial score (nSPS) is 8.36. The Morgan fingerprint density at radius 2 is 2.07 bits per heavy atom. The zero-order valence-electron chi connectivity index (χ0n) is 8.04. The molecule has 0 radical (unpaired) electrons. The van der Waals surface area contributed by atoms with Gasteiger partial charge in [0.2, 0.25) is 0 Å². The molecule has 0 unspecified atom stereocenters. The second-order valence-corrected chi connectivity index (χ2v) is 2.14. The first-order valence-electron chi connectivity index (χ1n) is 3.68. The number of rotatable bonds is 2. The maximum absolute atomic E-state index is 10.9. The Morgan fingerprint density at radius 3 is 2.43 bits per heavy atom. The molecule has 5 heteroatoms. The van der Waals surface area contributed by atoms with Crippen molar-refractivity contribution in [1.29, 1.82) is 0 Å². The van der Waals surface area contributed by atoms with Crippen LogP contribution in [0.4, 0.5) is 0 Å². The van der Waals surface area contributed by atoms with Crippen molar-refractivity contribution in [2.24, 2.45) is 0 Å². The summed E-state index contributed by atoms with van der Waals surface area (Å²) in [5.41, 5.74) is 0.471. The predicted octanol–water partition coefficient (Wildman–Crippen LogP) is 2.13. The van der Waals surface area contributed by atoms with Gasteiger partial charge in [-0.15, -0.1) is 12.1 Å². The Balaban J connectivity index is 0.000000791. The Morgan fingerprint density at radius 1 is 1.43 bits per heavy atom. The van der Waals surface area contributed by atoms with Crippen LogP contribution in [0.25, 0.3) is 0 Å². The number of methoxy groups -OCH3 is 2. The average Bonchev–Trinajstić information content (AvgIpc) is 2.31. The van der Waals surface area contributed by atoms with E-state index in [1.807, 2.05) is 0 Å². The Hall–Kier alpha value is -0.407. The average molecular weight is 310 g/mol. The van der Waals surface area contributed by atoms with E-state index in [4.69, 9.17) is 4.74 Å². The quantitative estimate of drug-likeness (QED) is 0.477. The van der Waals surface area contributed by atoms with Gasteiger partial charge < -0.3 is 9.47 Å². The van der Waals surface area contributed by atoms with E-state index in [-0.39, 0.29) is 5.97 Å². The number of benzene rings is 1. The molecule has 3 nitrogen and oxygen atoms in total. The topological polar surface area (TPSA) is 35.5 Å². The number of hydrogen-bond acceptors (Lipinski definition) is 3. The van der Waals surface area contributed by atoms with E-state index in [1.165, 1.54) is 29.5 Å². The number of carbonyl (C=O) groups is 1. The second kappa shape index (κ2) is 7.95. The number of hydrogen-bond donors (Lipinski definition) is 0. The van der Waals surface area contributed by atoms with Crippen LogP contribution in [0.5, 0.6) is 5.75 Å². The first kappa shape index (κ1) is 13.6. The molecule has 0 aromatic heterocycles. The van der Waals surface area contributed by atoms with E-state index < -0.39 is 0 Å². The fourth-order valence-electron chi connectivity index (χ4n) is 0.782. The maximum atomic E-state index is 10.9. The van der Waals surface area contributed by atoms with Crippen molar-refractivity contribution >= 4 is 19.6 Å². The summed E-state index contributed by atoms with van der Waals surface area (Å²) in [5, 5.41) is 0. The number of esters is 1. The van der Waals surface area contributed by atoms with Gasteiger partial charge in [0.15, 0.2) is 0 Å². The van der Waals surface area contributed by atoms with Crippen LogP contribution in [0.2, 0.25) is 0 Å². The van der Waals surface area contributed by atoms with Crippen molar-refractivity contribution in [2.45, 2.75) is 0 Å². The van der Waals surface area contributed by atoms with Gasteiger partial charge in [-0.05, 0) is 0 Å². The molecule has 0 fully saturated rings. The second-order valence-electron chi connectivity index (χ2n) is 2.14. The first-order chi connectivity index (χ1) is 6.77. The summed E-state index contributed by atoms with van der Waals surface area (Å²) in [7, 11) is 2.89. The van der Waals surface area contributed by atoms with Crippen molar-refractivity contribution in [2.75, 3.05) is 14.2 Å². The Bertz CT molecular complexity index is 274. The van der Waals surface area contributed by atoms with E-state index in [9.17, 15) is 4.79 Å². The molecule has 14 heavy (non-hydrogen) atoms. The molecular formula is C9H9BrO3Zn. The predicted molar refractivity (Wildman–Crippen MR) is 52.1 cm³/mol. The molecule has 1 aromatic rings. The van der Waals surface area contributed by atoms with Crippen LogP contribution in [-0.4, -0.2) is 20.2 Å².